The number of ether oxygens (including phenoxy) is 1. The minimum atomic E-state index is -1.66. The van der Waals surface area contributed by atoms with Gasteiger partial charge in [-0.05, 0) is 0 Å². The van der Waals surface area contributed by atoms with Crippen molar-refractivity contribution in [3.8, 4) is 0 Å². The monoisotopic (exact) mass is 170 g/mol. The largest absolute Gasteiger partial charge is 0.473 e. The van der Waals surface area contributed by atoms with Crippen molar-refractivity contribution in [1.29, 1.82) is 0 Å². The standard InChI is InChI=1S/C7H6O5/c8-4-1-2-5(3-4)12-7(11)6(9)10/h3H,1-2H2,(H,9,10). The lowest BCUT2D eigenvalue weighted by atomic mass is 10.3. The van der Waals surface area contributed by atoms with Crippen molar-refractivity contribution in [3.63, 3.8) is 0 Å². The lowest BCUT2D eigenvalue weighted by Gasteiger charge is -1.98. The third kappa shape index (κ3) is 1.91. The number of allylic oxidation sites excluding steroid dienone is 2. The zero-order valence-corrected chi connectivity index (χ0v) is 6.07. The third-order valence-corrected chi connectivity index (χ3v) is 1.34. The van der Waals surface area contributed by atoms with Crippen molar-refractivity contribution in [1.82, 2.24) is 0 Å². The van der Waals surface area contributed by atoms with E-state index in [9.17, 15) is 14.4 Å². The van der Waals surface area contributed by atoms with Gasteiger partial charge in [0.25, 0.3) is 0 Å². The first-order valence-corrected chi connectivity index (χ1v) is 3.28. The quantitative estimate of drug-likeness (QED) is 0.437. The van der Waals surface area contributed by atoms with Crippen molar-refractivity contribution in [2.24, 2.45) is 0 Å². The Morgan fingerprint density at radius 1 is 1.42 bits per heavy atom. The predicted molar refractivity (Wildman–Crippen MR) is 36.1 cm³/mol. The maximum Gasteiger partial charge on any atom is 0.422 e. The molecule has 0 aliphatic heterocycles. The Balaban J connectivity index is 2.53. The van der Waals surface area contributed by atoms with Gasteiger partial charge in [0.1, 0.15) is 5.76 Å². The molecular formula is C7H6O5. The number of ketones is 1. The van der Waals surface area contributed by atoms with Crippen LogP contribution in [0, 0.1) is 0 Å². The van der Waals surface area contributed by atoms with E-state index in [0.29, 0.717) is 6.42 Å². The molecule has 0 fully saturated rings. The Morgan fingerprint density at radius 2 is 2.08 bits per heavy atom. The van der Waals surface area contributed by atoms with E-state index in [-0.39, 0.29) is 18.0 Å². The van der Waals surface area contributed by atoms with E-state index < -0.39 is 11.9 Å². The Morgan fingerprint density at radius 3 is 2.50 bits per heavy atom. The topological polar surface area (TPSA) is 80.7 Å². The van der Waals surface area contributed by atoms with E-state index in [1.54, 1.807) is 0 Å². The van der Waals surface area contributed by atoms with Crippen LogP contribution < -0.4 is 0 Å². The molecule has 0 aromatic carbocycles. The molecule has 64 valence electrons. The average Bonchev–Trinajstić information content (AvgIpc) is 2.35. The molecule has 0 atom stereocenters. The van der Waals surface area contributed by atoms with E-state index >= 15 is 0 Å². The molecule has 5 nitrogen and oxygen atoms in total. The van der Waals surface area contributed by atoms with Crippen molar-refractivity contribution in [3.05, 3.63) is 11.8 Å². The fourth-order valence-corrected chi connectivity index (χ4v) is 0.814. The van der Waals surface area contributed by atoms with Gasteiger partial charge in [0.05, 0.1) is 0 Å². The van der Waals surface area contributed by atoms with Crippen molar-refractivity contribution in [2.45, 2.75) is 12.8 Å². The zero-order chi connectivity index (χ0) is 9.14. The smallest absolute Gasteiger partial charge is 0.422 e. The Hall–Kier alpha value is -1.65. The summed E-state index contributed by atoms with van der Waals surface area (Å²) in [5.74, 6) is -3.03. The van der Waals surface area contributed by atoms with E-state index in [4.69, 9.17) is 5.11 Å². The molecule has 1 aliphatic rings. The van der Waals surface area contributed by atoms with Gasteiger partial charge in [-0.3, -0.25) is 4.79 Å². The first-order valence-electron chi connectivity index (χ1n) is 3.28. The molecule has 1 N–H and O–H groups in total. The molecule has 0 heterocycles. The highest BCUT2D eigenvalue weighted by Gasteiger charge is 2.20. The summed E-state index contributed by atoms with van der Waals surface area (Å²) in [6.07, 6.45) is 1.72. The van der Waals surface area contributed by atoms with Crippen molar-refractivity contribution in [2.75, 3.05) is 0 Å². The SMILES string of the molecule is O=C1C=C(OC(=O)C(=O)O)CC1. The molecule has 0 radical (unpaired) electrons. The van der Waals surface area contributed by atoms with Crippen LogP contribution in [-0.2, 0) is 19.1 Å². The van der Waals surface area contributed by atoms with E-state index in [2.05, 4.69) is 4.74 Å². The van der Waals surface area contributed by atoms with Crippen LogP contribution in [0.5, 0.6) is 0 Å². The van der Waals surface area contributed by atoms with Gasteiger partial charge < -0.3 is 9.84 Å². The normalized spacial score (nSPS) is 15.7. The molecule has 0 saturated heterocycles. The number of carboxylic acids is 1. The van der Waals surface area contributed by atoms with E-state index in [0.717, 1.165) is 6.08 Å². The molecule has 1 aliphatic carbocycles. The number of carboxylic acid groups (broad SMARTS) is 1. The molecule has 0 spiro atoms. The lowest BCUT2D eigenvalue weighted by Crippen LogP contribution is -2.15. The maximum absolute atomic E-state index is 10.6. The van der Waals surface area contributed by atoms with Crippen LogP contribution >= 0.6 is 0 Å². The summed E-state index contributed by atoms with van der Waals surface area (Å²) < 4.78 is 4.34. The van der Waals surface area contributed by atoms with Gasteiger partial charge in [0.2, 0.25) is 0 Å². The van der Waals surface area contributed by atoms with E-state index in [1.807, 2.05) is 0 Å². The highest BCUT2D eigenvalue weighted by atomic mass is 16.6. The van der Waals surface area contributed by atoms with Crippen molar-refractivity contribution < 1.29 is 24.2 Å². The lowest BCUT2D eigenvalue weighted by molar-refractivity contribution is -0.161. The highest BCUT2D eigenvalue weighted by Crippen LogP contribution is 2.15. The molecule has 0 saturated carbocycles. The summed E-state index contributed by atoms with van der Waals surface area (Å²) in [6, 6.07) is 0. The van der Waals surface area contributed by atoms with Crippen LogP contribution in [0.4, 0.5) is 0 Å². The molecule has 12 heavy (non-hydrogen) atoms. The minimum Gasteiger partial charge on any atom is -0.473 e. The maximum atomic E-state index is 10.6. The summed E-state index contributed by atoms with van der Waals surface area (Å²) in [5.41, 5.74) is 0. The van der Waals surface area contributed by atoms with Gasteiger partial charge in [-0.15, -0.1) is 0 Å². The molecule has 0 amide bonds. The Labute approximate surface area is 67.6 Å². The van der Waals surface area contributed by atoms with E-state index in [1.165, 1.54) is 0 Å². The summed E-state index contributed by atoms with van der Waals surface area (Å²) >= 11 is 0. The average molecular weight is 170 g/mol. The van der Waals surface area contributed by atoms with Crippen molar-refractivity contribution >= 4 is 17.7 Å². The Kier molecular flexibility index (Phi) is 2.23. The predicted octanol–water partition coefficient (Wildman–Crippen LogP) is -0.139. The van der Waals surface area contributed by atoms with Gasteiger partial charge >= 0.3 is 11.9 Å². The summed E-state index contributed by atoms with van der Waals surface area (Å²) in [7, 11) is 0. The summed E-state index contributed by atoms with van der Waals surface area (Å²) in [6.45, 7) is 0. The zero-order valence-electron chi connectivity index (χ0n) is 6.07. The first-order chi connectivity index (χ1) is 5.59. The highest BCUT2D eigenvalue weighted by molar-refractivity contribution is 6.29. The fraction of sp³-hybridized carbons (Fsp3) is 0.286. The van der Waals surface area contributed by atoms with Gasteiger partial charge in [0.15, 0.2) is 5.78 Å². The van der Waals surface area contributed by atoms with Crippen LogP contribution in [0.2, 0.25) is 0 Å². The molecule has 0 aromatic heterocycles. The number of carbonyl (C=O) groups excluding carboxylic acids is 2. The van der Waals surface area contributed by atoms with Crippen LogP contribution in [-0.4, -0.2) is 22.8 Å². The number of hydrogen-bond donors (Lipinski definition) is 1. The first kappa shape index (κ1) is 8.45. The minimum absolute atomic E-state index is 0.132. The molecular weight excluding hydrogens is 164 g/mol. The van der Waals surface area contributed by atoms with Gasteiger partial charge in [-0.25, -0.2) is 9.59 Å². The summed E-state index contributed by atoms with van der Waals surface area (Å²) in [4.78, 5) is 31.0. The van der Waals surface area contributed by atoms with Gasteiger partial charge in [-0.2, -0.15) is 0 Å². The number of hydrogen-bond acceptors (Lipinski definition) is 4. The van der Waals surface area contributed by atoms with Crippen LogP contribution in [0.3, 0.4) is 0 Å². The third-order valence-electron chi connectivity index (χ3n) is 1.34. The number of rotatable bonds is 1. The number of carbonyl (C=O) groups is 3. The summed E-state index contributed by atoms with van der Waals surface area (Å²) in [5, 5.41) is 8.12. The molecule has 0 bridgehead atoms. The van der Waals surface area contributed by atoms with Crippen LogP contribution in [0.15, 0.2) is 11.8 Å². The Bertz CT molecular complexity index is 276. The fourth-order valence-electron chi connectivity index (χ4n) is 0.814. The van der Waals surface area contributed by atoms with Gasteiger partial charge in [-0.1, -0.05) is 0 Å². The molecule has 0 aromatic rings. The van der Waals surface area contributed by atoms with Gasteiger partial charge in [0, 0.05) is 18.9 Å². The second-order valence-corrected chi connectivity index (χ2v) is 2.27. The van der Waals surface area contributed by atoms with Crippen LogP contribution in [0.25, 0.3) is 0 Å². The second-order valence-electron chi connectivity index (χ2n) is 2.27. The molecule has 5 heteroatoms. The second kappa shape index (κ2) is 3.17. The number of aliphatic carboxylic acids is 1. The molecule has 1 rings (SSSR count). The van der Waals surface area contributed by atoms with Crippen LogP contribution in [0.1, 0.15) is 12.8 Å². The molecule has 0 unspecified atom stereocenters. The number of esters is 1.